The number of pyridine rings is 2. The summed E-state index contributed by atoms with van der Waals surface area (Å²) >= 11 is 0. The molecule has 0 amide bonds. The molecule has 33 heavy (non-hydrogen) atoms. The predicted molar refractivity (Wildman–Crippen MR) is 132 cm³/mol. The van der Waals surface area contributed by atoms with Crippen molar-refractivity contribution >= 4 is 28.2 Å². The second-order valence-electron chi connectivity index (χ2n) is 8.73. The molecule has 4 aromatic rings. The maximum Gasteiger partial charge on any atom is 0.259 e. The van der Waals surface area contributed by atoms with Crippen LogP contribution in [0.3, 0.4) is 0 Å². The van der Waals surface area contributed by atoms with E-state index in [1.807, 2.05) is 12.1 Å². The molecule has 1 aliphatic heterocycles. The van der Waals surface area contributed by atoms with Gasteiger partial charge in [-0.25, -0.2) is 15.0 Å². The molecule has 3 aromatic heterocycles. The van der Waals surface area contributed by atoms with Gasteiger partial charge < -0.3 is 20.9 Å². The van der Waals surface area contributed by atoms with Gasteiger partial charge in [-0.1, -0.05) is 6.07 Å². The zero-order chi connectivity index (χ0) is 22.9. The fourth-order valence-electron chi connectivity index (χ4n) is 4.59. The summed E-state index contributed by atoms with van der Waals surface area (Å²) in [6.07, 6.45) is 7.26. The molecule has 168 valence electrons. The predicted octanol–water partition coefficient (Wildman–Crippen LogP) is 3.82. The molecule has 0 atom stereocenters. The fraction of sp³-hybridized carbons (Fsp3) is 0.280. The number of nitrogen functional groups attached to an aromatic ring is 1. The quantitative estimate of drug-likeness (QED) is 0.441. The molecule has 1 aliphatic rings. The van der Waals surface area contributed by atoms with Crippen molar-refractivity contribution in [3.63, 3.8) is 0 Å². The molecule has 0 radical (unpaired) electrons. The van der Waals surface area contributed by atoms with Crippen LogP contribution in [0.15, 0.2) is 53.7 Å². The monoisotopic (exact) mass is 441 g/mol. The van der Waals surface area contributed by atoms with E-state index < -0.39 is 0 Å². The van der Waals surface area contributed by atoms with Crippen molar-refractivity contribution < 1.29 is 0 Å². The number of H-pyrrole nitrogens is 1. The zero-order valence-corrected chi connectivity index (χ0v) is 18.8. The highest BCUT2D eigenvalue weighted by molar-refractivity contribution is 5.95. The van der Waals surface area contributed by atoms with Crippen LogP contribution in [-0.2, 0) is 0 Å². The standard InChI is InChI=1S/C25H27N7O/c1-15-11-19(3-4-20(15)16-6-9-32(2)10-7-16)30-23-22-17(5-8-27-24(22)33)12-21(31-23)18-13-28-25(26)29-14-18/h3-5,8,11-14,16H,6-7,9-10H2,1-2H3,(H,27,33)(H,30,31)(H2,26,28,29). The van der Waals surface area contributed by atoms with Crippen molar-refractivity contribution in [3.8, 4) is 11.3 Å². The molecule has 4 heterocycles. The van der Waals surface area contributed by atoms with E-state index >= 15 is 0 Å². The van der Waals surface area contributed by atoms with Crippen LogP contribution < -0.4 is 16.6 Å². The summed E-state index contributed by atoms with van der Waals surface area (Å²) in [6, 6.07) is 10.1. The Morgan fingerprint density at radius 3 is 2.61 bits per heavy atom. The summed E-state index contributed by atoms with van der Waals surface area (Å²) in [5, 5.41) is 4.67. The number of nitrogens with zero attached hydrogens (tertiary/aromatic N) is 4. The van der Waals surface area contributed by atoms with Crippen LogP contribution in [-0.4, -0.2) is 45.0 Å². The summed E-state index contributed by atoms with van der Waals surface area (Å²) in [6.45, 7) is 4.41. The Morgan fingerprint density at radius 1 is 1.12 bits per heavy atom. The topological polar surface area (TPSA) is 113 Å². The van der Waals surface area contributed by atoms with Gasteiger partial charge in [-0.15, -0.1) is 0 Å². The van der Waals surface area contributed by atoms with Crippen LogP contribution in [0.1, 0.15) is 29.9 Å². The number of hydrogen-bond donors (Lipinski definition) is 3. The molecule has 8 nitrogen and oxygen atoms in total. The van der Waals surface area contributed by atoms with Gasteiger partial charge in [0.05, 0.1) is 11.1 Å². The van der Waals surface area contributed by atoms with E-state index in [1.165, 1.54) is 24.0 Å². The summed E-state index contributed by atoms with van der Waals surface area (Å²) in [5.74, 6) is 1.29. The van der Waals surface area contributed by atoms with Gasteiger partial charge in [0, 0.05) is 29.8 Å². The highest BCUT2D eigenvalue weighted by Crippen LogP contribution is 2.33. The Bertz CT molecular complexity index is 1360. The molecule has 1 fully saturated rings. The molecular weight excluding hydrogens is 414 g/mol. The molecular formula is C25H27N7O. The first-order valence-electron chi connectivity index (χ1n) is 11.1. The SMILES string of the molecule is Cc1cc(Nc2nc(-c3cnc(N)nc3)cc3cc[nH]c(=O)c23)ccc1C1CCN(C)CC1. The third-order valence-electron chi connectivity index (χ3n) is 6.41. The third kappa shape index (κ3) is 4.29. The minimum absolute atomic E-state index is 0.192. The van der Waals surface area contributed by atoms with Gasteiger partial charge in [0.15, 0.2) is 0 Å². The minimum atomic E-state index is -0.192. The largest absolute Gasteiger partial charge is 0.368 e. The first-order valence-corrected chi connectivity index (χ1v) is 11.1. The van der Waals surface area contributed by atoms with Gasteiger partial charge in [-0.2, -0.15) is 0 Å². The average Bonchev–Trinajstić information content (AvgIpc) is 2.80. The van der Waals surface area contributed by atoms with E-state index in [-0.39, 0.29) is 11.5 Å². The molecule has 0 aliphatic carbocycles. The van der Waals surface area contributed by atoms with Crippen molar-refractivity contribution in [1.82, 2.24) is 24.8 Å². The number of hydrogen-bond acceptors (Lipinski definition) is 7. The lowest BCUT2D eigenvalue weighted by Crippen LogP contribution is -2.29. The number of fused-ring (bicyclic) bond motifs is 1. The number of rotatable bonds is 4. The van der Waals surface area contributed by atoms with Gasteiger partial charge in [0.1, 0.15) is 5.82 Å². The molecule has 0 unspecified atom stereocenters. The fourth-order valence-corrected chi connectivity index (χ4v) is 4.59. The van der Waals surface area contributed by atoms with E-state index in [2.05, 4.69) is 57.3 Å². The molecule has 1 saturated heterocycles. The normalized spacial score (nSPS) is 15.1. The maximum absolute atomic E-state index is 12.7. The Kier molecular flexibility index (Phi) is 5.51. The van der Waals surface area contributed by atoms with Gasteiger partial charge >= 0.3 is 0 Å². The number of aromatic amines is 1. The molecule has 5 rings (SSSR count). The molecule has 8 heteroatoms. The van der Waals surface area contributed by atoms with Crippen LogP contribution >= 0.6 is 0 Å². The second-order valence-corrected chi connectivity index (χ2v) is 8.73. The Labute approximate surface area is 191 Å². The number of benzene rings is 1. The second kappa shape index (κ2) is 8.63. The number of likely N-dealkylation sites (tertiary alicyclic amines) is 1. The number of nitrogens with one attached hydrogen (secondary N) is 2. The number of anilines is 3. The highest BCUT2D eigenvalue weighted by Gasteiger charge is 2.20. The minimum Gasteiger partial charge on any atom is -0.368 e. The number of nitrogens with two attached hydrogens (primary N) is 1. The average molecular weight is 442 g/mol. The van der Waals surface area contributed by atoms with E-state index in [4.69, 9.17) is 10.7 Å². The lowest BCUT2D eigenvalue weighted by atomic mass is 9.87. The van der Waals surface area contributed by atoms with Gasteiger partial charge in [0.25, 0.3) is 5.56 Å². The van der Waals surface area contributed by atoms with E-state index in [9.17, 15) is 4.79 Å². The Hall–Kier alpha value is -3.78. The smallest absolute Gasteiger partial charge is 0.259 e. The molecule has 0 bridgehead atoms. The van der Waals surface area contributed by atoms with E-state index in [0.29, 0.717) is 22.8 Å². The van der Waals surface area contributed by atoms with Crippen molar-refractivity contribution in [1.29, 1.82) is 0 Å². The van der Waals surface area contributed by atoms with Gasteiger partial charge in [-0.05, 0) is 86.6 Å². The van der Waals surface area contributed by atoms with Crippen molar-refractivity contribution in [2.24, 2.45) is 0 Å². The lowest BCUT2D eigenvalue weighted by molar-refractivity contribution is 0.255. The van der Waals surface area contributed by atoms with Crippen LogP contribution in [0.25, 0.3) is 22.0 Å². The summed E-state index contributed by atoms with van der Waals surface area (Å²) < 4.78 is 0. The summed E-state index contributed by atoms with van der Waals surface area (Å²) in [7, 11) is 2.18. The van der Waals surface area contributed by atoms with Crippen LogP contribution in [0.4, 0.5) is 17.5 Å². The van der Waals surface area contributed by atoms with E-state index in [0.717, 1.165) is 29.7 Å². The van der Waals surface area contributed by atoms with Crippen LogP contribution in [0.5, 0.6) is 0 Å². The Balaban J connectivity index is 1.52. The maximum atomic E-state index is 12.7. The van der Waals surface area contributed by atoms with Gasteiger partial charge in [0.2, 0.25) is 5.95 Å². The first kappa shape index (κ1) is 21.1. The van der Waals surface area contributed by atoms with Crippen LogP contribution in [0.2, 0.25) is 0 Å². The molecule has 0 spiro atoms. The number of piperidine rings is 1. The van der Waals surface area contributed by atoms with Crippen molar-refractivity contribution in [2.75, 3.05) is 31.2 Å². The lowest BCUT2D eigenvalue weighted by Gasteiger charge is -2.30. The van der Waals surface area contributed by atoms with Crippen molar-refractivity contribution in [2.45, 2.75) is 25.7 Å². The number of aryl methyl sites for hydroxylation is 1. The van der Waals surface area contributed by atoms with Crippen molar-refractivity contribution in [3.05, 3.63) is 70.4 Å². The molecule has 4 N–H and O–H groups in total. The van der Waals surface area contributed by atoms with E-state index in [1.54, 1.807) is 18.6 Å². The summed E-state index contributed by atoms with van der Waals surface area (Å²) in [5.41, 5.74) is 10.4. The first-order chi connectivity index (χ1) is 16.0. The third-order valence-corrected chi connectivity index (χ3v) is 6.41. The summed E-state index contributed by atoms with van der Waals surface area (Å²) in [4.78, 5) is 30.7. The molecule has 1 aromatic carbocycles. The van der Waals surface area contributed by atoms with Crippen LogP contribution in [0, 0.1) is 6.92 Å². The number of aromatic nitrogens is 4. The molecule has 0 saturated carbocycles. The Morgan fingerprint density at radius 2 is 1.88 bits per heavy atom. The highest BCUT2D eigenvalue weighted by atomic mass is 16.1. The zero-order valence-electron chi connectivity index (χ0n) is 18.8. The van der Waals surface area contributed by atoms with Gasteiger partial charge in [-0.3, -0.25) is 4.79 Å².